The summed E-state index contributed by atoms with van der Waals surface area (Å²) in [4.78, 5) is 59.5. The number of thiol groups is 1. The number of aromatic hydroxyl groups is 1. The number of nitrogens with two attached hydrogens (primary N) is 1. The molecule has 0 aromatic heterocycles. The molecule has 0 aliphatic rings. The SMILES string of the molecule is CC(N)C(=O)NC(CS)C(=O)NC(CC(=O)O)C(=O)NC(Cc1ccc(O)cc1)C(=O)O. The van der Waals surface area contributed by atoms with Gasteiger partial charge in [-0.2, -0.15) is 12.6 Å². The van der Waals surface area contributed by atoms with E-state index in [9.17, 15) is 34.2 Å². The zero-order valence-corrected chi connectivity index (χ0v) is 18.0. The van der Waals surface area contributed by atoms with Crippen molar-refractivity contribution in [2.75, 3.05) is 5.75 Å². The maximum atomic E-state index is 12.6. The van der Waals surface area contributed by atoms with Crippen LogP contribution in [-0.4, -0.2) is 74.9 Å². The molecule has 0 heterocycles. The molecule has 0 aliphatic heterocycles. The summed E-state index contributed by atoms with van der Waals surface area (Å²) in [6, 6.07) is 0.455. The Hall–Kier alpha value is -3.32. The van der Waals surface area contributed by atoms with Crippen LogP contribution >= 0.6 is 12.6 Å². The van der Waals surface area contributed by atoms with Gasteiger partial charge in [0.1, 0.15) is 23.9 Å². The lowest BCUT2D eigenvalue weighted by Crippen LogP contribution is -2.58. The second-order valence-electron chi connectivity index (χ2n) is 6.96. The number of amides is 3. The maximum absolute atomic E-state index is 12.6. The van der Waals surface area contributed by atoms with Crippen LogP contribution in [0.5, 0.6) is 5.75 Å². The monoisotopic (exact) mass is 470 g/mol. The first-order valence-corrected chi connectivity index (χ1v) is 10.1. The predicted octanol–water partition coefficient (Wildman–Crippen LogP) is -1.77. The molecule has 32 heavy (non-hydrogen) atoms. The van der Waals surface area contributed by atoms with Gasteiger partial charge in [-0.05, 0) is 24.6 Å². The van der Waals surface area contributed by atoms with E-state index in [0.717, 1.165) is 0 Å². The minimum atomic E-state index is -1.61. The lowest BCUT2D eigenvalue weighted by atomic mass is 10.0. The van der Waals surface area contributed by atoms with Crippen LogP contribution in [-0.2, 0) is 30.4 Å². The number of aliphatic carboxylic acids is 2. The van der Waals surface area contributed by atoms with Crippen LogP contribution in [0.2, 0.25) is 0 Å². The number of nitrogens with one attached hydrogen (secondary N) is 3. The van der Waals surface area contributed by atoms with E-state index in [1.165, 1.54) is 31.2 Å². The van der Waals surface area contributed by atoms with Crippen molar-refractivity contribution in [2.45, 2.75) is 43.9 Å². The number of benzene rings is 1. The first-order valence-electron chi connectivity index (χ1n) is 9.44. The van der Waals surface area contributed by atoms with E-state index < -0.39 is 60.2 Å². The summed E-state index contributed by atoms with van der Waals surface area (Å²) in [5.41, 5.74) is 5.92. The molecule has 13 heteroatoms. The van der Waals surface area contributed by atoms with Crippen molar-refractivity contribution in [3.05, 3.63) is 29.8 Å². The lowest BCUT2D eigenvalue weighted by molar-refractivity contribution is -0.143. The van der Waals surface area contributed by atoms with Gasteiger partial charge in [-0.3, -0.25) is 19.2 Å². The topological polar surface area (TPSA) is 208 Å². The van der Waals surface area contributed by atoms with E-state index in [2.05, 4.69) is 28.6 Å². The van der Waals surface area contributed by atoms with Gasteiger partial charge in [0.25, 0.3) is 0 Å². The molecule has 12 nitrogen and oxygen atoms in total. The van der Waals surface area contributed by atoms with Crippen LogP contribution in [0, 0.1) is 0 Å². The predicted molar refractivity (Wildman–Crippen MR) is 115 cm³/mol. The van der Waals surface area contributed by atoms with Crippen molar-refractivity contribution in [3.8, 4) is 5.75 Å². The third kappa shape index (κ3) is 8.81. The van der Waals surface area contributed by atoms with E-state index in [-0.39, 0.29) is 17.9 Å². The van der Waals surface area contributed by atoms with Crippen molar-refractivity contribution in [3.63, 3.8) is 0 Å². The summed E-state index contributed by atoms with van der Waals surface area (Å²) in [5.74, 6) is -5.57. The van der Waals surface area contributed by atoms with Crippen LogP contribution in [0.3, 0.4) is 0 Å². The first kappa shape index (κ1) is 26.7. The number of phenolic OH excluding ortho intramolecular Hbond substituents is 1. The van der Waals surface area contributed by atoms with E-state index >= 15 is 0 Å². The Morgan fingerprint density at radius 2 is 1.41 bits per heavy atom. The molecule has 0 saturated heterocycles. The Morgan fingerprint density at radius 1 is 0.906 bits per heavy atom. The molecule has 0 aliphatic carbocycles. The van der Waals surface area contributed by atoms with E-state index in [4.69, 9.17) is 10.8 Å². The van der Waals surface area contributed by atoms with Crippen molar-refractivity contribution in [1.82, 2.24) is 16.0 Å². The molecule has 0 bridgehead atoms. The Kier molecular flexibility index (Phi) is 10.4. The van der Waals surface area contributed by atoms with Gasteiger partial charge in [0.15, 0.2) is 0 Å². The van der Waals surface area contributed by atoms with Gasteiger partial charge in [-0.15, -0.1) is 0 Å². The van der Waals surface area contributed by atoms with Crippen molar-refractivity contribution in [2.24, 2.45) is 5.73 Å². The Balaban J connectivity index is 2.93. The molecule has 4 unspecified atom stereocenters. The van der Waals surface area contributed by atoms with Gasteiger partial charge in [0.2, 0.25) is 17.7 Å². The van der Waals surface area contributed by atoms with Crippen LogP contribution in [0.4, 0.5) is 0 Å². The fourth-order valence-electron chi connectivity index (χ4n) is 2.49. The maximum Gasteiger partial charge on any atom is 0.326 e. The molecule has 8 N–H and O–H groups in total. The smallest absolute Gasteiger partial charge is 0.326 e. The third-order valence-electron chi connectivity index (χ3n) is 4.23. The molecule has 0 spiro atoms. The molecule has 3 amide bonds. The van der Waals surface area contributed by atoms with Crippen LogP contribution in [0.1, 0.15) is 18.9 Å². The zero-order chi connectivity index (χ0) is 24.4. The Labute approximate surface area is 189 Å². The number of hydrogen-bond donors (Lipinski definition) is 8. The molecule has 1 aromatic rings. The van der Waals surface area contributed by atoms with Gasteiger partial charge in [0.05, 0.1) is 12.5 Å². The molecular formula is C19H26N4O8S. The van der Waals surface area contributed by atoms with Gasteiger partial charge in [0, 0.05) is 12.2 Å². The summed E-state index contributed by atoms with van der Waals surface area (Å²) < 4.78 is 0. The molecule has 1 rings (SSSR count). The summed E-state index contributed by atoms with van der Waals surface area (Å²) in [7, 11) is 0. The third-order valence-corrected chi connectivity index (χ3v) is 4.60. The molecule has 0 fully saturated rings. The minimum absolute atomic E-state index is 0.0243. The number of carboxylic acid groups (broad SMARTS) is 2. The second-order valence-corrected chi connectivity index (χ2v) is 7.33. The number of carboxylic acids is 2. The van der Waals surface area contributed by atoms with Crippen molar-refractivity contribution >= 4 is 42.3 Å². The molecule has 0 saturated carbocycles. The highest BCUT2D eigenvalue weighted by molar-refractivity contribution is 7.80. The summed E-state index contributed by atoms with van der Waals surface area (Å²) in [6.07, 6.45) is -0.984. The zero-order valence-electron chi connectivity index (χ0n) is 17.1. The van der Waals surface area contributed by atoms with Crippen LogP contribution in [0.25, 0.3) is 0 Å². The molecule has 4 atom stereocenters. The van der Waals surface area contributed by atoms with Crippen LogP contribution < -0.4 is 21.7 Å². The molecule has 1 aromatic carbocycles. The quantitative estimate of drug-likeness (QED) is 0.162. The number of phenols is 1. The summed E-state index contributed by atoms with van der Waals surface area (Å²) in [6.45, 7) is 1.39. The standard InChI is InChI=1S/C19H26N4O8S/c1-9(20)16(27)23-14(8-32)18(29)21-12(7-15(25)26)17(28)22-13(19(30)31)6-10-2-4-11(24)5-3-10/h2-5,9,12-14,24,32H,6-8,20H2,1H3,(H,21,29)(H,22,28)(H,23,27)(H,25,26)(H,30,31). The average Bonchev–Trinajstić information content (AvgIpc) is 2.71. The number of rotatable bonds is 12. The fourth-order valence-corrected chi connectivity index (χ4v) is 2.75. The average molecular weight is 471 g/mol. The second kappa shape index (κ2) is 12.5. The first-order chi connectivity index (χ1) is 14.9. The summed E-state index contributed by atoms with van der Waals surface area (Å²) >= 11 is 3.96. The molecule has 176 valence electrons. The van der Waals surface area contributed by atoms with Crippen molar-refractivity contribution < 1.29 is 39.3 Å². The number of carbonyl (C=O) groups is 5. The van der Waals surface area contributed by atoms with Gasteiger partial charge in [-0.25, -0.2) is 4.79 Å². The number of hydrogen-bond acceptors (Lipinski definition) is 8. The summed E-state index contributed by atoms with van der Waals surface area (Å²) in [5, 5.41) is 34.5. The normalized spacial score (nSPS) is 14.3. The van der Waals surface area contributed by atoms with Gasteiger partial charge >= 0.3 is 11.9 Å². The Morgan fingerprint density at radius 3 is 1.88 bits per heavy atom. The van der Waals surface area contributed by atoms with E-state index in [1.54, 1.807) is 0 Å². The Bertz CT molecular complexity index is 846. The highest BCUT2D eigenvalue weighted by atomic mass is 32.1. The lowest BCUT2D eigenvalue weighted by Gasteiger charge is -2.23. The van der Waals surface area contributed by atoms with Gasteiger partial charge in [-0.1, -0.05) is 12.1 Å². The highest BCUT2D eigenvalue weighted by Gasteiger charge is 2.31. The number of carbonyl (C=O) groups excluding carboxylic acids is 3. The van der Waals surface area contributed by atoms with Crippen molar-refractivity contribution in [1.29, 1.82) is 0 Å². The van der Waals surface area contributed by atoms with Crippen LogP contribution in [0.15, 0.2) is 24.3 Å². The largest absolute Gasteiger partial charge is 0.508 e. The molecule has 0 radical (unpaired) electrons. The highest BCUT2D eigenvalue weighted by Crippen LogP contribution is 2.12. The molecular weight excluding hydrogens is 444 g/mol. The minimum Gasteiger partial charge on any atom is -0.508 e. The van der Waals surface area contributed by atoms with E-state index in [1.807, 2.05) is 0 Å². The fraction of sp³-hybridized carbons (Fsp3) is 0.421. The van der Waals surface area contributed by atoms with E-state index in [0.29, 0.717) is 5.56 Å². The van der Waals surface area contributed by atoms with Gasteiger partial charge < -0.3 is 37.0 Å².